The molecule has 0 bridgehead atoms. The van der Waals surface area contributed by atoms with Gasteiger partial charge < -0.3 is 25.0 Å². The fraction of sp³-hybridized carbons (Fsp3) is 0.267. The quantitative estimate of drug-likeness (QED) is 0.119. The number of hydrogen-bond acceptors (Lipinski definition) is 8. The molecule has 0 radical (unpaired) electrons. The summed E-state index contributed by atoms with van der Waals surface area (Å²) < 4.78 is 13.5. The van der Waals surface area contributed by atoms with Crippen molar-refractivity contribution < 1.29 is 24.5 Å². The van der Waals surface area contributed by atoms with E-state index in [0.717, 1.165) is 44.5 Å². The van der Waals surface area contributed by atoms with Crippen LogP contribution in [0.5, 0.6) is 0 Å². The van der Waals surface area contributed by atoms with Crippen molar-refractivity contribution >= 4 is 16.9 Å². The molecule has 1 fully saturated rings. The molecule has 0 unspecified atom stereocenters. The molecule has 9 heteroatoms. The Bertz CT molecular complexity index is 2160. The molecule has 2 heterocycles. The van der Waals surface area contributed by atoms with Gasteiger partial charge in [0.15, 0.2) is 6.29 Å². The van der Waals surface area contributed by atoms with Crippen molar-refractivity contribution in [1.82, 2.24) is 20.2 Å². The number of nitrogens with one attached hydrogen (secondary N) is 1. The second-order valence-corrected chi connectivity index (χ2v) is 14.1. The first-order valence-electron chi connectivity index (χ1n) is 18.4. The average molecular weight is 723 g/mol. The first-order chi connectivity index (χ1) is 26.3. The standard InChI is InChI=1S/C45H46N4O5/c1-29-41(27-49(3)30(2)42(51)33-11-5-4-6-12-33)53-45(54-43(29)34-19-17-31(28-50)18-20-34)35-23-21-32(22-24-35)37-14-8-7-13-36(37)25-47-44(52)40-26-46-38-15-9-10-16-39(38)48-40/h4-24,26,29-30,41-43,45,50-51H,25,27-28H2,1-3H3,(H,47,52)/t29-,30-,41+,42-,43+,45+/m1/s1. The first kappa shape index (κ1) is 37.0. The van der Waals surface area contributed by atoms with Gasteiger partial charge in [-0.15, -0.1) is 0 Å². The van der Waals surface area contributed by atoms with Crippen LogP contribution in [0.1, 0.15) is 70.7 Å². The molecule has 5 aromatic carbocycles. The van der Waals surface area contributed by atoms with Crippen LogP contribution in [0.15, 0.2) is 134 Å². The van der Waals surface area contributed by atoms with Crippen molar-refractivity contribution in [3.63, 3.8) is 0 Å². The summed E-state index contributed by atoms with van der Waals surface area (Å²) in [5.41, 5.74) is 8.26. The average Bonchev–Trinajstić information content (AvgIpc) is 3.23. The minimum Gasteiger partial charge on any atom is -0.392 e. The lowest BCUT2D eigenvalue weighted by Gasteiger charge is -2.43. The molecule has 0 spiro atoms. The van der Waals surface area contributed by atoms with E-state index >= 15 is 0 Å². The number of amides is 1. The zero-order chi connectivity index (χ0) is 37.6. The summed E-state index contributed by atoms with van der Waals surface area (Å²) in [4.78, 5) is 24.1. The third-order valence-corrected chi connectivity index (χ3v) is 10.5. The topological polar surface area (TPSA) is 117 Å². The molecule has 1 aliphatic heterocycles. The Morgan fingerprint density at radius 3 is 2.24 bits per heavy atom. The second kappa shape index (κ2) is 16.8. The molecule has 1 saturated heterocycles. The maximum Gasteiger partial charge on any atom is 0.271 e. The zero-order valence-electron chi connectivity index (χ0n) is 30.7. The highest BCUT2D eigenvalue weighted by Gasteiger charge is 2.39. The van der Waals surface area contributed by atoms with E-state index in [4.69, 9.17) is 9.47 Å². The van der Waals surface area contributed by atoms with Gasteiger partial charge >= 0.3 is 0 Å². The number of hydrogen-bond donors (Lipinski definition) is 3. The Kier molecular flexibility index (Phi) is 11.5. The highest BCUT2D eigenvalue weighted by molar-refractivity contribution is 5.93. The van der Waals surface area contributed by atoms with Gasteiger partial charge in [-0.3, -0.25) is 14.7 Å². The molecule has 7 rings (SSSR count). The smallest absolute Gasteiger partial charge is 0.271 e. The maximum absolute atomic E-state index is 13.1. The molecule has 1 aliphatic rings. The van der Waals surface area contributed by atoms with Crippen LogP contribution in [0.4, 0.5) is 0 Å². The molecule has 6 atom stereocenters. The van der Waals surface area contributed by atoms with E-state index in [-0.39, 0.29) is 42.4 Å². The molecule has 9 nitrogen and oxygen atoms in total. The van der Waals surface area contributed by atoms with Crippen molar-refractivity contribution in [2.75, 3.05) is 13.6 Å². The predicted octanol–water partition coefficient (Wildman–Crippen LogP) is 7.56. The van der Waals surface area contributed by atoms with E-state index in [1.54, 1.807) is 0 Å². The van der Waals surface area contributed by atoms with Crippen LogP contribution in [-0.4, -0.2) is 56.7 Å². The molecule has 0 aliphatic carbocycles. The fourth-order valence-electron chi connectivity index (χ4n) is 7.06. The van der Waals surface area contributed by atoms with Crippen LogP contribution in [0.2, 0.25) is 0 Å². The van der Waals surface area contributed by atoms with Crippen molar-refractivity contribution in [3.8, 4) is 11.1 Å². The summed E-state index contributed by atoms with van der Waals surface area (Å²) >= 11 is 0. The zero-order valence-corrected chi connectivity index (χ0v) is 30.7. The molecular weight excluding hydrogens is 677 g/mol. The van der Waals surface area contributed by atoms with Gasteiger partial charge in [-0.1, -0.05) is 122 Å². The minimum absolute atomic E-state index is 0.00769. The molecule has 0 saturated carbocycles. The van der Waals surface area contributed by atoms with Crippen molar-refractivity contribution in [2.45, 2.75) is 57.6 Å². The molecule has 276 valence electrons. The summed E-state index contributed by atoms with van der Waals surface area (Å²) in [6, 6.07) is 41.1. The summed E-state index contributed by atoms with van der Waals surface area (Å²) in [5.74, 6) is -0.296. The Balaban J connectivity index is 1.09. The number of likely N-dealkylation sites (N-methyl/N-ethyl adjacent to an activating group) is 1. The number of aliphatic hydroxyl groups excluding tert-OH is 2. The third kappa shape index (κ3) is 8.26. The fourth-order valence-corrected chi connectivity index (χ4v) is 7.06. The predicted molar refractivity (Wildman–Crippen MR) is 209 cm³/mol. The number of fused-ring (bicyclic) bond motifs is 1. The summed E-state index contributed by atoms with van der Waals surface area (Å²) in [6.45, 7) is 5.05. The summed E-state index contributed by atoms with van der Waals surface area (Å²) in [5, 5.41) is 23.9. The van der Waals surface area contributed by atoms with Gasteiger partial charge in [-0.2, -0.15) is 0 Å². The largest absolute Gasteiger partial charge is 0.392 e. The van der Waals surface area contributed by atoms with Crippen molar-refractivity contribution in [1.29, 1.82) is 0 Å². The monoisotopic (exact) mass is 722 g/mol. The van der Waals surface area contributed by atoms with Crippen molar-refractivity contribution in [2.24, 2.45) is 5.92 Å². The summed E-state index contributed by atoms with van der Waals surface area (Å²) in [7, 11) is 2.02. The van der Waals surface area contributed by atoms with Gasteiger partial charge in [0.2, 0.25) is 0 Å². The Hall–Kier alpha value is -5.29. The highest BCUT2D eigenvalue weighted by Crippen LogP contribution is 2.42. The van der Waals surface area contributed by atoms with Gasteiger partial charge in [0.05, 0.1) is 42.1 Å². The lowest BCUT2D eigenvalue weighted by Crippen LogP contribution is -2.46. The first-order valence-corrected chi connectivity index (χ1v) is 18.4. The van der Waals surface area contributed by atoms with E-state index < -0.39 is 12.4 Å². The van der Waals surface area contributed by atoms with Gasteiger partial charge in [0, 0.05) is 30.6 Å². The van der Waals surface area contributed by atoms with E-state index in [1.807, 2.05) is 129 Å². The molecule has 1 amide bonds. The second-order valence-electron chi connectivity index (χ2n) is 14.1. The van der Waals surface area contributed by atoms with Crippen LogP contribution in [0, 0.1) is 5.92 Å². The lowest BCUT2D eigenvalue weighted by atomic mass is 9.89. The lowest BCUT2D eigenvalue weighted by molar-refractivity contribution is -0.276. The Labute approximate surface area is 316 Å². The van der Waals surface area contributed by atoms with Gasteiger partial charge in [0.1, 0.15) is 5.69 Å². The third-order valence-electron chi connectivity index (χ3n) is 10.5. The number of benzene rings is 5. The number of para-hydroxylation sites is 2. The van der Waals surface area contributed by atoms with Gasteiger partial charge in [-0.25, -0.2) is 4.98 Å². The van der Waals surface area contributed by atoms with Gasteiger partial charge in [-0.05, 0) is 59.5 Å². The van der Waals surface area contributed by atoms with Crippen LogP contribution in [0.25, 0.3) is 22.2 Å². The van der Waals surface area contributed by atoms with E-state index in [1.165, 1.54) is 6.20 Å². The molecule has 1 aromatic heterocycles. The van der Waals surface area contributed by atoms with Gasteiger partial charge in [0.25, 0.3) is 5.91 Å². The number of carbonyl (C=O) groups is 1. The minimum atomic E-state index is -0.653. The van der Waals surface area contributed by atoms with Crippen LogP contribution >= 0.6 is 0 Å². The van der Waals surface area contributed by atoms with E-state index in [9.17, 15) is 15.0 Å². The number of rotatable bonds is 12. The van der Waals surface area contributed by atoms with Crippen LogP contribution in [-0.2, 0) is 22.6 Å². The number of carbonyl (C=O) groups excluding carboxylic acids is 1. The molecule has 6 aromatic rings. The number of ether oxygens (including phenoxy) is 2. The number of aromatic nitrogens is 2. The number of aliphatic hydroxyl groups is 2. The Morgan fingerprint density at radius 1 is 0.833 bits per heavy atom. The van der Waals surface area contributed by atoms with E-state index in [0.29, 0.717) is 18.6 Å². The van der Waals surface area contributed by atoms with Crippen LogP contribution < -0.4 is 5.32 Å². The van der Waals surface area contributed by atoms with Crippen molar-refractivity contribution in [3.05, 3.63) is 167 Å². The van der Waals surface area contributed by atoms with Crippen LogP contribution in [0.3, 0.4) is 0 Å². The number of nitrogens with zero attached hydrogens (tertiary/aromatic N) is 3. The summed E-state index contributed by atoms with van der Waals surface area (Å²) in [6.07, 6.45) is -0.258. The molecule has 3 N–H and O–H groups in total. The highest BCUT2D eigenvalue weighted by atomic mass is 16.7. The maximum atomic E-state index is 13.1. The molecule has 54 heavy (non-hydrogen) atoms. The normalized spacial score (nSPS) is 19.7. The van der Waals surface area contributed by atoms with E-state index in [2.05, 4.69) is 39.2 Å². The Morgan fingerprint density at radius 2 is 1.50 bits per heavy atom. The molecular formula is C45H46N4O5. The SMILES string of the molecule is C[C@@H]1[C@H](CN(C)[C@H](C)[C@@H](O)c2ccccc2)O[C@H](c2ccc(-c3ccccc3CNC(=O)c3cnc4ccccc4n3)cc2)O[C@@H]1c1ccc(CO)cc1.